The van der Waals surface area contributed by atoms with Crippen LogP contribution < -0.4 is 10.1 Å². The fraction of sp³-hybridized carbons (Fsp3) is 0.435. The molecule has 2 aromatic rings. The van der Waals surface area contributed by atoms with Gasteiger partial charge in [-0.2, -0.15) is 4.31 Å². The van der Waals surface area contributed by atoms with E-state index >= 15 is 0 Å². The van der Waals surface area contributed by atoms with Crippen molar-refractivity contribution in [2.45, 2.75) is 43.4 Å². The smallest absolute Gasteiger partial charge is 0.243 e. The third-order valence-corrected chi connectivity index (χ3v) is 8.04. The summed E-state index contributed by atoms with van der Waals surface area (Å²) in [7, 11) is -1.97. The molecule has 6 nitrogen and oxygen atoms in total. The second-order valence-electron chi connectivity index (χ2n) is 8.01. The lowest BCUT2D eigenvalue weighted by atomic mass is 9.92. The Kier molecular flexibility index (Phi) is 6.11. The molecule has 1 amide bonds. The number of hydrogen-bond acceptors (Lipinski definition) is 4. The van der Waals surface area contributed by atoms with Gasteiger partial charge in [0.25, 0.3) is 0 Å². The van der Waals surface area contributed by atoms with Gasteiger partial charge in [-0.1, -0.05) is 18.2 Å². The predicted octanol–water partition coefficient (Wildman–Crippen LogP) is 3.61. The molecule has 1 saturated heterocycles. The Morgan fingerprint density at radius 2 is 1.73 bits per heavy atom. The summed E-state index contributed by atoms with van der Waals surface area (Å²) in [6.45, 7) is 0.701. The van der Waals surface area contributed by atoms with Crippen molar-refractivity contribution in [3.63, 3.8) is 0 Å². The highest BCUT2D eigenvalue weighted by molar-refractivity contribution is 7.89. The molecule has 1 heterocycles. The van der Waals surface area contributed by atoms with Crippen molar-refractivity contribution in [2.75, 3.05) is 25.5 Å². The molecule has 0 spiro atoms. The highest BCUT2D eigenvalue weighted by Crippen LogP contribution is 2.29. The molecule has 7 heteroatoms. The van der Waals surface area contributed by atoms with Crippen LogP contribution in [0.2, 0.25) is 0 Å². The second-order valence-corrected chi connectivity index (χ2v) is 9.94. The standard InChI is InChI=1S/C23H28N2O4S/c1-29-22-9-5-4-8-21(22)24-23(26)18-12-14-25(15-13-18)30(27,28)20-11-10-17-6-2-3-7-19(17)16-20/h4-5,8-11,16,18H,2-3,6-7,12-15H2,1H3,(H,24,26). The van der Waals surface area contributed by atoms with E-state index < -0.39 is 10.0 Å². The van der Waals surface area contributed by atoms with Crippen molar-refractivity contribution in [3.8, 4) is 5.75 Å². The maximum atomic E-state index is 13.1. The first-order valence-electron chi connectivity index (χ1n) is 10.5. The van der Waals surface area contributed by atoms with E-state index in [1.807, 2.05) is 24.3 Å². The molecular weight excluding hydrogens is 400 g/mol. The van der Waals surface area contributed by atoms with Crippen molar-refractivity contribution >= 4 is 21.6 Å². The Hall–Kier alpha value is -2.38. The van der Waals surface area contributed by atoms with Gasteiger partial charge in [-0.25, -0.2) is 8.42 Å². The minimum atomic E-state index is -3.53. The molecule has 0 unspecified atom stereocenters. The van der Waals surface area contributed by atoms with Crippen LogP contribution in [0.3, 0.4) is 0 Å². The van der Waals surface area contributed by atoms with Crippen LogP contribution in [0.15, 0.2) is 47.4 Å². The third-order valence-electron chi connectivity index (χ3n) is 6.15. The van der Waals surface area contributed by atoms with Crippen LogP contribution in [0.1, 0.15) is 36.8 Å². The number of ether oxygens (including phenoxy) is 1. The first kappa shape index (κ1) is 20.9. The molecule has 1 fully saturated rings. The molecule has 30 heavy (non-hydrogen) atoms. The summed E-state index contributed by atoms with van der Waals surface area (Å²) in [4.78, 5) is 13.1. The molecule has 0 aromatic heterocycles. The van der Waals surface area contributed by atoms with Crippen LogP contribution in [0.25, 0.3) is 0 Å². The lowest BCUT2D eigenvalue weighted by Gasteiger charge is -2.31. The van der Waals surface area contributed by atoms with E-state index in [-0.39, 0.29) is 11.8 Å². The Bertz CT molecular complexity index is 1030. The second kappa shape index (κ2) is 8.78. The van der Waals surface area contributed by atoms with Gasteiger partial charge < -0.3 is 10.1 Å². The molecular formula is C23H28N2O4S. The van der Waals surface area contributed by atoms with Gasteiger partial charge in [0.05, 0.1) is 17.7 Å². The van der Waals surface area contributed by atoms with E-state index in [1.54, 1.807) is 25.3 Å². The van der Waals surface area contributed by atoms with Crippen LogP contribution in [-0.2, 0) is 27.7 Å². The lowest BCUT2D eigenvalue weighted by Crippen LogP contribution is -2.41. The number of aryl methyl sites for hydroxylation is 2. The van der Waals surface area contributed by atoms with Gasteiger partial charge in [-0.05, 0) is 73.9 Å². The molecule has 2 aromatic carbocycles. The summed E-state index contributed by atoms with van der Waals surface area (Å²) in [5.74, 6) is 0.300. The van der Waals surface area contributed by atoms with Crippen molar-refractivity contribution < 1.29 is 17.9 Å². The van der Waals surface area contributed by atoms with Crippen LogP contribution in [0.5, 0.6) is 5.75 Å². The van der Waals surface area contributed by atoms with Crippen LogP contribution in [-0.4, -0.2) is 38.8 Å². The van der Waals surface area contributed by atoms with Crippen LogP contribution >= 0.6 is 0 Å². The summed E-state index contributed by atoms with van der Waals surface area (Å²) in [5, 5.41) is 2.92. The normalized spacial score (nSPS) is 17.9. The van der Waals surface area contributed by atoms with Crippen LogP contribution in [0, 0.1) is 5.92 Å². The number of nitrogens with one attached hydrogen (secondary N) is 1. The Balaban J connectivity index is 1.40. The monoisotopic (exact) mass is 428 g/mol. The number of hydrogen-bond donors (Lipinski definition) is 1. The van der Waals surface area contributed by atoms with E-state index in [0.29, 0.717) is 42.3 Å². The lowest BCUT2D eigenvalue weighted by molar-refractivity contribution is -0.120. The van der Waals surface area contributed by atoms with Gasteiger partial charge in [0.2, 0.25) is 15.9 Å². The fourth-order valence-corrected chi connectivity index (χ4v) is 5.88. The SMILES string of the molecule is COc1ccccc1NC(=O)C1CCN(S(=O)(=O)c2ccc3c(c2)CCCC3)CC1. The summed E-state index contributed by atoms with van der Waals surface area (Å²) >= 11 is 0. The molecule has 1 aliphatic carbocycles. The summed E-state index contributed by atoms with van der Waals surface area (Å²) in [6.07, 6.45) is 5.27. The summed E-state index contributed by atoms with van der Waals surface area (Å²) in [5.41, 5.74) is 3.06. The maximum absolute atomic E-state index is 13.1. The zero-order chi connectivity index (χ0) is 21.1. The van der Waals surface area contributed by atoms with E-state index in [9.17, 15) is 13.2 Å². The Morgan fingerprint density at radius 1 is 1.03 bits per heavy atom. The molecule has 2 aliphatic rings. The number of sulfonamides is 1. The van der Waals surface area contributed by atoms with Gasteiger partial charge >= 0.3 is 0 Å². The van der Waals surface area contributed by atoms with Crippen molar-refractivity contribution in [3.05, 3.63) is 53.6 Å². The van der Waals surface area contributed by atoms with Crippen LogP contribution in [0.4, 0.5) is 5.69 Å². The molecule has 0 atom stereocenters. The highest BCUT2D eigenvalue weighted by atomic mass is 32.2. The first-order chi connectivity index (χ1) is 14.5. The van der Waals surface area contributed by atoms with E-state index in [2.05, 4.69) is 5.32 Å². The summed E-state index contributed by atoms with van der Waals surface area (Å²) < 4.78 is 33.1. The number of fused-ring (bicyclic) bond motifs is 1. The van der Waals surface area contributed by atoms with Crippen molar-refractivity contribution in [2.24, 2.45) is 5.92 Å². The molecule has 1 N–H and O–H groups in total. The molecule has 0 saturated carbocycles. The predicted molar refractivity (Wildman–Crippen MR) is 116 cm³/mol. The highest BCUT2D eigenvalue weighted by Gasteiger charge is 2.32. The number of carbonyl (C=O) groups is 1. The van der Waals surface area contributed by atoms with Crippen molar-refractivity contribution in [1.29, 1.82) is 0 Å². The number of rotatable bonds is 5. The largest absolute Gasteiger partial charge is 0.495 e. The number of amides is 1. The zero-order valence-corrected chi connectivity index (χ0v) is 18.1. The molecule has 1 aliphatic heterocycles. The van der Waals surface area contributed by atoms with Gasteiger partial charge in [0.1, 0.15) is 5.75 Å². The first-order valence-corrected chi connectivity index (χ1v) is 12.0. The Morgan fingerprint density at radius 3 is 2.47 bits per heavy atom. The zero-order valence-electron chi connectivity index (χ0n) is 17.3. The number of anilines is 1. The van der Waals surface area contributed by atoms with E-state index in [4.69, 9.17) is 4.74 Å². The molecule has 4 rings (SSSR count). The minimum absolute atomic E-state index is 0.0923. The van der Waals surface area contributed by atoms with E-state index in [1.165, 1.54) is 16.3 Å². The number of piperidine rings is 1. The maximum Gasteiger partial charge on any atom is 0.243 e. The topological polar surface area (TPSA) is 75.7 Å². The van der Waals surface area contributed by atoms with Gasteiger partial charge in [-0.15, -0.1) is 0 Å². The quantitative estimate of drug-likeness (QED) is 0.789. The van der Waals surface area contributed by atoms with E-state index in [0.717, 1.165) is 24.8 Å². The van der Waals surface area contributed by atoms with Gasteiger partial charge in [0.15, 0.2) is 0 Å². The molecule has 0 radical (unpaired) electrons. The minimum Gasteiger partial charge on any atom is -0.495 e. The van der Waals surface area contributed by atoms with Gasteiger partial charge in [0, 0.05) is 19.0 Å². The fourth-order valence-electron chi connectivity index (χ4n) is 4.36. The number of para-hydroxylation sites is 2. The molecule has 160 valence electrons. The Labute approximate surface area is 178 Å². The molecule has 0 bridgehead atoms. The van der Waals surface area contributed by atoms with Crippen molar-refractivity contribution in [1.82, 2.24) is 4.31 Å². The third kappa shape index (κ3) is 4.23. The number of benzene rings is 2. The number of methoxy groups -OCH3 is 1. The average Bonchev–Trinajstić information content (AvgIpc) is 2.79. The number of nitrogens with zero attached hydrogens (tertiary/aromatic N) is 1. The average molecular weight is 429 g/mol. The number of carbonyl (C=O) groups excluding carboxylic acids is 1. The summed E-state index contributed by atoms with van der Waals surface area (Å²) in [6, 6.07) is 12.8. The van der Waals surface area contributed by atoms with Gasteiger partial charge in [-0.3, -0.25) is 4.79 Å².